The van der Waals surface area contributed by atoms with Crippen molar-refractivity contribution in [2.75, 3.05) is 6.54 Å². The van der Waals surface area contributed by atoms with E-state index in [1.165, 1.54) is 0 Å². The van der Waals surface area contributed by atoms with Crippen molar-refractivity contribution in [3.05, 3.63) is 66.1 Å². The molecule has 0 saturated heterocycles. The zero-order valence-electron chi connectivity index (χ0n) is 11.3. The molecular formula is C16H15N3O2. The first-order chi connectivity index (χ1) is 10.3. The van der Waals surface area contributed by atoms with Crippen LogP contribution >= 0.6 is 0 Å². The first-order valence-corrected chi connectivity index (χ1v) is 6.66. The molecule has 0 aliphatic heterocycles. The molecule has 1 unspecified atom stereocenters. The summed E-state index contributed by atoms with van der Waals surface area (Å²) in [7, 11) is 0. The van der Waals surface area contributed by atoms with Crippen LogP contribution in [0.5, 0.6) is 5.75 Å². The van der Waals surface area contributed by atoms with E-state index in [0.717, 1.165) is 11.1 Å². The van der Waals surface area contributed by atoms with Crippen molar-refractivity contribution in [2.45, 2.75) is 5.92 Å². The zero-order valence-corrected chi connectivity index (χ0v) is 11.3. The van der Waals surface area contributed by atoms with Gasteiger partial charge in [-0.3, -0.25) is 0 Å². The van der Waals surface area contributed by atoms with Crippen molar-refractivity contribution < 1.29 is 9.63 Å². The van der Waals surface area contributed by atoms with Gasteiger partial charge in [-0.15, -0.1) is 0 Å². The lowest BCUT2D eigenvalue weighted by atomic mass is 9.99. The van der Waals surface area contributed by atoms with E-state index in [9.17, 15) is 5.11 Å². The minimum Gasteiger partial charge on any atom is -0.508 e. The molecule has 0 fully saturated rings. The first kappa shape index (κ1) is 13.3. The van der Waals surface area contributed by atoms with Crippen LogP contribution in [0.1, 0.15) is 17.4 Å². The van der Waals surface area contributed by atoms with Crippen LogP contribution in [0.4, 0.5) is 0 Å². The van der Waals surface area contributed by atoms with E-state index < -0.39 is 0 Å². The molecule has 1 heterocycles. The number of aromatic nitrogens is 2. The third kappa shape index (κ3) is 2.78. The molecule has 3 N–H and O–H groups in total. The molecule has 0 aliphatic rings. The first-order valence-electron chi connectivity index (χ1n) is 6.66. The number of benzene rings is 2. The second kappa shape index (κ2) is 5.76. The Hall–Kier alpha value is -2.66. The van der Waals surface area contributed by atoms with Gasteiger partial charge in [0, 0.05) is 12.1 Å². The Morgan fingerprint density at radius 1 is 1.05 bits per heavy atom. The highest BCUT2D eigenvalue weighted by atomic mass is 16.5. The lowest BCUT2D eigenvalue weighted by Crippen LogP contribution is -2.14. The maximum absolute atomic E-state index is 9.30. The highest BCUT2D eigenvalue weighted by molar-refractivity contribution is 5.55. The van der Waals surface area contributed by atoms with Crippen LogP contribution in [0.3, 0.4) is 0 Å². The van der Waals surface area contributed by atoms with Crippen LogP contribution in [-0.4, -0.2) is 21.8 Å². The Kier molecular flexibility index (Phi) is 3.66. The van der Waals surface area contributed by atoms with Crippen molar-refractivity contribution in [1.82, 2.24) is 10.1 Å². The van der Waals surface area contributed by atoms with Crippen LogP contribution in [0.25, 0.3) is 11.4 Å². The molecule has 5 heteroatoms. The van der Waals surface area contributed by atoms with Gasteiger partial charge in [-0.2, -0.15) is 4.98 Å². The Morgan fingerprint density at radius 2 is 1.76 bits per heavy atom. The summed E-state index contributed by atoms with van der Waals surface area (Å²) in [6.45, 7) is 0.390. The largest absolute Gasteiger partial charge is 0.508 e. The monoisotopic (exact) mass is 281 g/mol. The summed E-state index contributed by atoms with van der Waals surface area (Å²) in [5, 5.41) is 13.3. The van der Waals surface area contributed by atoms with Crippen molar-refractivity contribution in [1.29, 1.82) is 0 Å². The predicted octanol–water partition coefficient (Wildman–Crippen LogP) is 2.53. The molecule has 0 saturated carbocycles. The Morgan fingerprint density at radius 3 is 2.43 bits per heavy atom. The average Bonchev–Trinajstić information content (AvgIpc) is 2.99. The highest BCUT2D eigenvalue weighted by Gasteiger charge is 2.20. The van der Waals surface area contributed by atoms with Gasteiger partial charge >= 0.3 is 0 Å². The predicted molar refractivity (Wildman–Crippen MR) is 78.7 cm³/mol. The molecule has 0 radical (unpaired) electrons. The molecule has 3 rings (SSSR count). The van der Waals surface area contributed by atoms with Crippen LogP contribution in [-0.2, 0) is 0 Å². The van der Waals surface area contributed by atoms with Crippen molar-refractivity contribution in [3.8, 4) is 17.1 Å². The van der Waals surface area contributed by atoms with Crippen LogP contribution in [0.2, 0.25) is 0 Å². The quantitative estimate of drug-likeness (QED) is 0.767. The molecule has 2 aromatic carbocycles. The topological polar surface area (TPSA) is 85.2 Å². The van der Waals surface area contributed by atoms with Gasteiger partial charge in [-0.1, -0.05) is 35.5 Å². The molecule has 0 aliphatic carbocycles. The number of hydrogen-bond acceptors (Lipinski definition) is 5. The van der Waals surface area contributed by atoms with Gasteiger partial charge in [0.25, 0.3) is 0 Å². The Labute approximate surface area is 122 Å². The normalized spacial score (nSPS) is 12.2. The fraction of sp³-hybridized carbons (Fsp3) is 0.125. The second-order valence-electron chi connectivity index (χ2n) is 4.70. The number of hydrogen-bond donors (Lipinski definition) is 2. The lowest BCUT2D eigenvalue weighted by molar-refractivity contribution is 0.367. The van der Waals surface area contributed by atoms with Crippen LogP contribution in [0, 0.1) is 0 Å². The Bertz CT molecular complexity index is 708. The minimum absolute atomic E-state index is 0.121. The molecule has 5 nitrogen and oxygen atoms in total. The molecule has 0 spiro atoms. The maximum atomic E-state index is 9.30. The highest BCUT2D eigenvalue weighted by Crippen LogP contribution is 2.25. The van der Waals surface area contributed by atoms with Gasteiger partial charge in [-0.05, 0) is 29.8 Å². The summed E-state index contributed by atoms with van der Waals surface area (Å²) < 4.78 is 5.35. The third-order valence-corrected chi connectivity index (χ3v) is 3.30. The molecule has 3 aromatic rings. The second-order valence-corrected chi connectivity index (χ2v) is 4.70. The van der Waals surface area contributed by atoms with E-state index in [0.29, 0.717) is 18.3 Å². The van der Waals surface area contributed by atoms with E-state index >= 15 is 0 Å². The number of nitrogens with two attached hydrogens (primary N) is 1. The van der Waals surface area contributed by atoms with Crippen LogP contribution in [0.15, 0.2) is 59.1 Å². The molecule has 0 amide bonds. The van der Waals surface area contributed by atoms with Gasteiger partial charge in [0.15, 0.2) is 0 Å². The SMILES string of the molecule is NCC(c1ccccc1)c1nc(-c2ccc(O)cc2)no1. The molecule has 106 valence electrons. The number of phenolic OH excluding ortho intramolecular Hbond substituents is 1. The molecule has 21 heavy (non-hydrogen) atoms. The van der Waals surface area contributed by atoms with Crippen molar-refractivity contribution >= 4 is 0 Å². The number of rotatable bonds is 4. The van der Waals surface area contributed by atoms with Gasteiger partial charge in [0.1, 0.15) is 5.75 Å². The van der Waals surface area contributed by atoms with Gasteiger partial charge in [0.05, 0.1) is 5.92 Å². The summed E-state index contributed by atoms with van der Waals surface area (Å²) >= 11 is 0. The number of phenols is 1. The van der Waals surface area contributed by atoms with Gasteiger partial charge in [-0.25, -0.2) is 0 Å². The standard InChI is InChI=1S/C16H15N3O2/c17-10-14(11-4-2-1-3-5-11)16-18-15(19-21-16)12-6-8-13(20)9-7-12/h1-9,14,20H,10,17H2. The summed E-state index contributed by atoms with van der Waals surface area (Å²) in [4.78, 5) is 4.42. The third-order valence-electron chi connectivity index (χ3n) is 3.30. The lowest BCUT2D eigenvalue weighted by Gasteiger charge is -2.09. The average molecular weight is 281 g/mol. The summed E-state index contributed by atoms with van der Waals surface area (Å²) in [6, 6.07) is 16.5. The van der Waals surface area contributed by atoms with Crippen molar-refractivity contribution in [3.63, 3.8) is 0 Å². The van der Waals surface area contributed by atoms with E-state index in [-0.39, 0.29) is 11.7 Å². The Balaban J connectivity index is 1.92. The summed E-state index contributed by atoms with van der Waals surface area (Å²) in [5.74, 6) is 1.06. The molecule has 0 bridgehead atoms. The summed E-state index contributed by atoms with van der Waals surface area (Å²) in [5.41, 5.74) is 7.67. The molecule has 1 aromatic heterocycles. The number of aromatic hydroxyl groups is 1. The number of nitrogens with zero attached hydrogens (tertiary/aromatic N) is 2. The van der Waals surface area contributed by atoms with E-state index in [1.807, 2.05) is 30.3 Å². The van der Waals surface area contributed by atoms with Gasteiger partial charge < -0.3 is 15.4 Å². The molecule has 1 atom stereocenters. The maximum Gasteiger partial charge on any atom is 0.235 e. The minimum atomic E-state index is -0.121. The fourth-order valence-electron chi connectivity index (χ4n) is 2.17. The fourth-order valence-corrected chi connectivity index (χ4v) is 2.17. The van der Waals surface area contributed by atoms with E-state index in [4.69, 9.17) is 10.3 Å². The van der Waals surface area contributed by atoms with Gasteiger partial charge in [0.2, 0.25) is 11.7 Å². The van der Waals surface area contributed by atoms with Crippen LogP contribution < -0.4 is 5.73 Å². The van der Waals surface area contributed by atoms with E-state index in [2.05, 4.69) is 10.1 Å². The van der Waals surface area contributed by atoms with Crippen molar-refractivity contribution in [2.24, 2.45) is 5.73 Å². The summed E-state index contributed by atoms with van der Waals surface area (Å²) in [6.07, 6.45) is 0. The smallest absolute Gasteiger partial charge is 0.235 e. The molecular weight excluding hydrogens is 266 g/mol. The van der Waals surface area contributed by atoms with E-state index in [1.54, 1.807) is 24.3 Å². The zero-order chi connectivity index (χ0) is 14.7.